The van der Waals surface area contributed by atoms with E-state index in [1.54, 1.807) is 0 Å². The fraction of sp³-hybridized carbons (Fsp3) is 0.800. The first-order valence-electron chi connectivity index (χ1n) is 5.04. The first-order chi connectivity index (χ1) is 6.86. The molecule has 2 unspecified atom stereocenters. The lowest BCUT2D eigenvalue weighted by Gasteiger charge is -2.15. The van der Waals surface area contributed by atoms with Crippen LogP contribution in [0.4, 0.5) is 0 Å². The van der Waals surface area contributed by atoms with Crippen molar-refractivity contribution in [3.05, 3.63) is 0 Å². The van der Waals surface area contributed by atoms with Crippen molar-refractivity contribution in [2.24, 2.45) is 11.8 Å². The van der Waals surface area contributed by atoms with Crippen LogP contribution in [0.5, 0.6) is 0 Å². The molecule has 0 radical (unpaired) electrons. The summed E-state index contributed by atoms with van der Waals surface area (Å²) in [5, 5.41) is 19.9. The number of rotatable bonds is 6. The van der Waals surface area contributed by atoms with Crippen molar-refractivity contribution >= 4 is 11.9 Å². The van der Waals surface area contributed by atoms with Gasteiger partial charge in [0.25, 0.3) is 0 Å². The Labute approximate surface area is 89.5 Å². The van der Waals surface area contributed by atoms with Crippen LogP contribution in [0, 0.1) is 11.8 Å². The van der Waals surface area contributed by atoms with Gasteiger partial charge in [-0.2, -0.15) is 0 Å². The molecule has 3 N–H and O–H groups in total. The van der Waals surface area contributed by atoms with Crippen LogP contribution >= 0.6 is 0 Å². The third kappa shape index (κ3) is 5.37. The van der Waals surface area contributed by atoms with Gasteiger partial charge in [-0.15, -0.1) is 0 Å². The monoisotopic (exact) mass is 217 g/mol. The molecule has 0 aliphatic rings. The molecule has 0 heterocycles. The minimum absolute atomic E-state index is 0.0336. The van der Waals surface area contributed by atoms with Crippen LogP contribution in [0.25, 0.3) is 0 Å². The highest BCUT2D eigenvalue weighted by molar-refractivity contribution is 5.78. The first-order valence-corrected chi connectivity index (χ1v) is 5.04. The van der Waals surface area contributed by atoms with Crippen LogP contribution < -0.4 is 5.32 Å². The minimum Gasteiger partial charge on any atom is -0.479 e. The number of aliphatic hydroxyl groups is 1. The zero-order chi connectivity index (χ0) is 12.0. The summed E-state index contributed by atoms with van der Waals surface area (Å²) in [6.45, 7) is 5.88. The van der Waals surface area contributed by atoms with Crippen molar-refractivity contribution in [3.63, 3.8) is 0 Å². The molecule has 0 bridgehead atoms. The molecule has 0 aliphatic carbocycles. The van der Waals surface area contributed by atoms with E-state index in [0.717, 1.165) is 0 Å². The van der Waals surface area contributed by atoms with Crippen molar-refractivity contribution in [1.29, 1.82) is 0 Å². The van der Waals surface area contributed by atoms with Gasteiger partial charge in [0.05, 0.1) is 0 Å². The quantitative estimate of drug-likeness (QED) is 0.594. The van der Waals surface area contributed by atoms with Crippen LogP contribution in [0.1, 0.15) is 27.2 Å². The van der Waals surface area contributed by atoms with Crippen LogP contribution in [-0.4, -0.2) is 34.7 Å². The van der Waals surface area contributed by atoms with Gasteiger partial charge in [0.1, 0.15) is 0 Å². The highest BCUT2D eigenvalue weighted by atomic mass is 16.4. The van der Waals surface area contributed by atoms with Crippen LogP contribution in [-0.2, 0) is 9.59 Å². The summed E-state index contributed by atoms with van der Waals surface area (Å²) in [6.07, 6.45) is -1.37. The number of carboxylic acid groups (broad SMARTS) is 1. The number of carboxylic acids is 1. The fourth-order valence-electron chi connectivity index (χ4n) is 0.919. The molecule has 0 saturated heterocycles. The summed E-state index contributed by atoms with van der Waals surface area (Å²) >= 11 is 0. The summed E-state index contributed by atoms with van der Waals surface area (Å²) in [6, 6.07) is 0. The third-order valence-electron chi connectivity index (χ3n) is 2.42. The van der Waals surface area contributed by atoms with Crippen molar-refractivity contribution in [2.45, 2.75) is 33.3 Å². The van der Waals surface area contributed by atoms with E-state index in [1.165, 1.54) is 0 Å². The third-order valence-corrected chi connectivity index (χ3v) is 2.42. The maximum absolute atomic E-state index is 11.4. The smallest absolute Gasteiger partial charge is 0.332 e. The molecule has 0 aromatic heterocycles. The van der Waals surface area contributed by atoms with Crippen LogP contribution in [0.3, 0.4) is 0 Å². The fourth-order valence-corrected chi connectivity index (χ4v) is 0.919. The first kappa shape index (κ1) is 13.9. The summed E-state index contributed by atoms with van der Waals surface area (Å²) in [4.78, 5) is 21.7. The highest BCUT2D eigenvalue weighted by Crippen LogP contribution is 2.08. The molecular weight excluding hydrogens is 198 g/mol. The summed E-state index contributed by atoms with van der Waals surface area (Å²) < 4.78 is 0. The summed E-state index contributed by atoms with van der Waals surface area (Å²) in [5.41, 5.74) is 0. The molecule has 0 saturated carbocycles. The maximum atomic E-state index is 11.4. The van der Waals surface area contributed by atoms with E-state index >= 15 is 0 Å². The Morgan fingerprint density at radius 1 is 1.27 bits per heavy atom. The molecule has 15 heavy (non-hydrogen) atoms. The van der Waals surface area contributed by atoms with E-state index < -0.39 is 12.1 Å². The molecule has 5 heteroatoms. The number of aliphatic hydroxyl groups excluding tert-OH is 1. The molecule has 88 valence electrons. The molecule has 0 aromatic rings. The zero-order valence-electron chi connectivity index (χ0n) is 9.36. The Hall–Kier alpha value is -1.10. The molecule has 0 aliphatic heterocycles. The molecule has 0 spiro atoms. The van der Waals surface area contributed by atoms with Gasteiger partial charge in [-0.3, -0.25) is 4.79 Å². The van der Waals surface area contributed by atoms with Crippen molar-refractivity contribution < 1.29 is 19.8 Å². The lowest BCUT2D eigenvalue weighted by Crippen LogP contribution is -2.34. The lowest BCUT2D eigenvalue weighted by atomic mass is 9.97. The van der Waals surface area contributed by atoms with Gasteiger partial charge in [0.2, 0.25) is 5.91 Å². The summed E-state index contributed by atoms with van der Waals surface area (Å²) in [5.74, 6) is -1.23. The molecule has 0 aromatic carbocycles. The number of aliphatic carboxylic acids is 1. The number of carbonyl (C=O) groups excluding carboxylic acids is 1. The van der Waals surface area contributed by atoms with Crippen LogP contribution in [0.15, 0.2) is 0 Å². The van der Waals surface area contributed by atoms with E-state index in [0.29, 0.717) is 0 Å². The average molecular weight is 217 g/mol. The number of nitrogens with one attached hydrogen (secondary N) is 1. The van der Waals surface area contributed by atoms with E-state index in [4.69, 9.17) is 10.2 Å². The van der Waals surface area contributed by atoms with Gasteiger partial charge in [-0.05, 0) is 5.92 Å². The van der Waals surface area contributed by atoms with Crippen molar-refractivity contribution in [1.82, 2.24) is 5.32 Å². The van der Waals surface area contributed by atoms with Gasteiger partial charge in [0.15, 0.2) is 6.10 Å². The van der Waals surface area contributed by atoms with Gasteiger partial charge in [0, 0.05) is 18.9 Å². The highest BCUT2D eigenvalue weighted by Gasteiger charge is 2.17. The molecule has 0 fully saturated rings. The zero-order valence-corrected chi connectivity index (χ0v) is 9.36. The Kier molecular flexibility index (Phi) is 5.93. The van der Waals surface area contributed by atoms with E-state index in [-0.39, 0.29) is 30.7 Å². The Morgan fingerprint density at radius 3 is 2.20 bits per heavy atom. The number of hydrogen-bond acceptors (Lipinski definition) is 3. The van der Waals surface area contributed by atoms with Crippen LogP contribution in [0.2, 0.25) is 0 Å². The largest absolute Gasteiger partial charge is 0.479 e. The van der Waals surface area contributed by atoms with Gasteiger partial charge >= 0.3 is 5.97 Å². The molecule has 1 amide bonds. The Bertz CT molecular complexity index is 227. The molecule has 5 nitrogen and oxygen atoms in total. The summed E-state index contributed by atoms with van der Waals surface area (Å²) in [7, 11) is 0. The molecular formula is C10H19NO4. The number of carbonyl (C=O) groups is 2. The average Bonchev–Trinajstić information content (AvgIpc) is 2.15. The second-order valence-corrected chi connectivity index (χ2v) is 3.97. The predicted molar refractivity (Wildman–Crippen MR) is 55.3 cm³/mol. The van der Waals surface area contributed by atoms with E-state index in [1.807, 2.05) is 20.8 Å². The van der Waals surface area contributed by atoms with Crippen molar-refractivity contribution in [3.8, 4) is 0 Å². The van der Waals surface area contributed by atoms with Gasteiger partial charge in [-0.25, -0.2) is 4.79 Å². The van der Waals surface area contributed by atoms with Gasteiger partial charge < -0.3 is 15.5 Å². The standard InChI is InChI=1S/C10H19NO4/c1-6(2)7(3)9(13)11-5-4-8(12)10(14)15/h6-8,12H,4-5H2,1-3H3,(H,11,13)(H,14,15). The predicted octanol–water partition coefficient (Wildman–Crippen LogP) is 0.230. The SMILES string of the molecule is CC(C)C(C)C(=O)NCCC(O)C(=O)O. The minimum atomic E-state index is -1.40. The molecule has 2 atom stereocenters. The van der Waals surface area contributed by atoms with E-state index in [9.17, 15) is 9.59 Å². The Balaban J connectivity index is 3.78. The topological polar surface area (TPSA) is 86.6 Å². The number of hydrogen-bond donors (Lipinski definition) is 3. The maximum Gasteiger partial charge on any atom is 0.332 e. The van der Waals surface area contributed by atoms with E-state index in [2.05, 4.69) is 5.32 Å². The normalized spacial score (nSPS) is 14.7. The number of amides is 1. The Morgan fingerprint density at radius 2 is 1.80 bits per heavy atom. The molecule has 0 rings (SSSR count). The second kappa shape index (κ2) is 6.40. The van der Waals surface area contributed by atoms with Crippen molar-refractivity contribution in [2.75, 3.05) is 6.54 Å². The second-order valence-electron chi connectivity index (χ2n) is 3.97. The lowest BCUT2D eigenvalue weighted by molar-refractivity contribution is -0.147. The van der Waals surface area contributed by atoms with Gasteiger partial charge in [-0.1, -0.05) is 20.8 Å².